The Morgan fingerprint density at radius 3 is 2.45 bits per heavy atom. The third kappa shape index (κ3) is 4.90. The number of hydrogen-bond acceptors (Lipinski definition) is 3. The van der Waals surface area contributed by atoms with Crippen molar-refractivity contribution in [2.45, 2.75) is 53.0 Å². The second-order valence-corrected chi connectivity index (χ2v) is 8.45. The molecule has 1 amide bonds. The zero-order valence-electron chi connectivity index (χ0n) is 19.5. The molecule has 0 saturated carbocycles. The first kappa shape index (κ1) is 22.5. The van der Waals surface area contributed by atoms with Crippen LogP contribution >= 0.6 is 0 Å². The smallest absolute Gasteiger partial charge is 0.252 e. The standard InChI is InChI=1S/C27H30N4O2/c1-4-5-9-21-12-14-22(15-13-21)28-24(32)16-17-30-25(33)18-19(2)26-20(3)29-31(27(26)30)23-10-7-6-8-11-23/h6-8,10-15,18H,4-5,9,16-17H2,1-3H3,(H,28,32). The lowest BCUT2D eigenvalue weighted by Crippen LogP contribution is -2.25. The van der Waals surface area contributed by atoms with Crippen molar-refractivity contribution in [3.63, 3.8) is 0 Å². The highest BCUT2D eigenvalue weighted by Gasteiger charge is 2.17. The van der Waals surface area contributed by atoms with Crippen molar-refractivity contribution in [1.82, 2.24) is 14.3 Å². The molecule has 2 heterocycles. The first-order valence-electron chi connectivity index (χ1n) is 11.5. The quantitative estimate of drug-likeness (QED) is 0.409. The summed E-state index contributed by atoms with van der Waals surface area (Å²) in [7, 11) is 0. The molecule has 0 fully saturated rings. The molecule has 6 nitrogen and oxygen atoms in total. The van der Waals surface area contributed by atoms with Gasteiger partial charge in [-0.2, -0.15) is 5.10 Å². The van der Waals surface area contributed by atoms with Crippen LogP contribution in [0, 0.1) is 13.8 Å². The monoisotopic (exact) mass is 442 g/mol. The van der Waals surface area contributed by atoms with E-state index in [0.717, 1.165) is 52.9 Å². The number of unbranched alkanes of at least 4 members (excludes halogenated alkanes) is 1. The number of fused-ring (bicyclic) bond motifs is 1. The molecular weight excluding hydrogens is 412 g/mol. The maximum absolute atomic E-state index is 12.9. The lowest BCUT2D eigenvalue weighted by molar-refractivity contribution is -0.116. The maximum atomic E-state index is 12.9. The minimum Gasteiger partial charge on any atom is -0.326 e. The lowest BCUT2D eigenvalue weighted by Gasteiger charge is -2.12. The van der Waals surface area contributed by atoms with E-state index >= 15 is 0 Å². The van der Waals surface area contributed by atoms with Crippen molar-refractivity contribution in [2.75, 3.05) is 5.32 Å². The lowest BCUT2D eigenvalue weighted by atomic mass is 10.1. The summed E-state index contributed by atoms with van der Waals surface area (Å²) in [4.78, 5) is 25.6. The van der Waals surface area contributed by atoms with Crippen LogP contribution < -0.4 is 10.9 Å². The predicted octanol–water partition coefficient (Wildman–Crippen LogP) is 5.18. The summed E-state index contributed by atoms with van der Waals surface area (Å²) in [5.74, 6) is -0.126. The maximum Gasteiger partial charge on any atom is 0.252 e. The highest BCUT2D eigenvalue weighted by Crippen LogP contribution is 2.24. The van der Waals surface area contributed by atoms with E-state index in [2.05, 4.69) is 24.4 Å². The number of nitrogens with one attached hydrogen (secondary N) is 1. The Bertz CT molecular complexity index is 1320. The molecule has 0 aliphatic carbocycles. The molecule has 6 heteroatoms. The Kier molecular flexibility index (Phi) is 6.73. The minimum atomic E-state index is -0.134. The minimum absolute atomic E-state index is 0.126. The number of carbonyl (C=O) groups is 1. The molecule has 4 rings (SSSR count). The van der Waals surface area contributed by atoms with Crippen LogP contribution in [-0.2, 0) is 17.8 Å². The van der Waals surface area contributed by atoms with Crippen LogP contribution in [0.4, 0.5) is 5.69 Å². The number of nitrogens with zero attached hydrogens (tertiary/aromatic N) is 3. The molecule has 0 bridgehead atoms. The van der Waals surface area contributed by atoms with Crippen molar-refractivity contribution in [3.8, 4) is 5.69 Å². The van der Waals surface area contributed by atoms with Crippen molar-refractivity contribution >= 4 is 22.6 Å². The Hall–Kier alpha value is -3.67. The molecule has 0 radical (unpaired) electrons. The molecule has 0 atom stereocenters. The molecule has 33 heavy (non-hydrogen) atoms. The summed E-state index contributed by atoms with van der Waals surface area (Å²) in [6.07, 6.45) is 3.55. The fourth-order valence-electron chi connectivity index (χ4n) is 4.20. The van der Waals surface area contributed by atoms with Gasteiger partial charge in [-0.15, -0.1) is 0 Å². The fraction of sp³-hybridized carbons (Fsp3) is 0.296. The number of carbonyl (C=O) groups excluding carboxylic acids is 1. The molecule has 0 unspecified atom stereocenters. The fourth-order valence-corrected chi connectivity index (χ4v) is 4.20. The van der Waals surface area contributed by atoms with E-state index in [-0.39, 0.29) is 24.4 Å². The van der Waals surface area contributed by atoms with Crippen LogP contribution in [-0.4, -0.2) is 20.3 Å². The van der Waals surface area contributed by atoms with E-state index in [1.54, 1.807) is 15.3 Å². The largest absolute Gasteiger partial charge is 0.326 e. The average Bonchev–Trinajstić information content (AvgIpc) is 3.16. The van der Waals surface area contributed by atoms with Crippen molar-refractivity contribution < 1.29 is 4.79 Å². The third-order valence-corrected chi connectivity index (χ3v) is 5.91. The summed E-state index contributed by atoms with van der Waals surface area (Å²) in [5.41, 5.74) is 5.25. The second kappa shape index (κ2) is 9.86. The molecule has 2 aromatic carbocycles. The number of aromatic nitrogens is 3. The highest BCUT2D eigenvalue weighted by molar-refractivity contribution is 5.91. The average molecular weight is 443 g/mol. The summed E-state index contributed by atoms with van der Waals surface area (Å²) < 4.78 is 3.45. The summed E-state index contributed by atoms with van der Waals surface area (Å²) in [5, 5.41) is 8.60. The Morgan fingerprint density at radius 2 is 1.76 bits per heavy atom. The molecule has 0 aliphatic rings. The summed E-state index contributed by atoms with van der Waals surface area (Å²) in [6, 6.07) is 19.4. The highest BCUT2D eigenvalue weighted by atomic mass is 16.2. The number of para-hydroxylation sites is 1. The summed E-state index contributed by atoms with van der Waals surface area (Å²) in [6.45, 7) is 6.32. The molecular formula is C27H30N4O2. The SMILES string of the molecule is CCCCc1ccc(NC(=O)CCn2c(=O)cc(C)c3c(C)nn(-c4ccccc4)c32)cc1. The van der Waals surface area contributed by atoms with Gasteiger partial charge in [-0.25, -0.2) is 4.68 Å². The topological polar surface area (TPSA) is 68.9 Å². The van der Waals surface area contributed by atoms with Gasteiger partial charge in [-0.3, -0.25) is 14.2 Å². The Morgan fingerprint density at radius 1 is 1.03 bits per heavy atom. The molecule has 170 valence electrons. The number of anilines is 1. The number of amides is 1. The zero-order chi connectivity index (χ0) is 23.4. The van der Waals surface area contributed by atoms with E-state index in [1.165, 1.54) is 5.56 Å². The van der Waals surface area contributed by atoms with Gasteiger partial charge in [0.25, 0.3) is 5.56 Å². The number of aryl methyl sites for hydroxylation is 4. The van der Waals surface area contributed by atoms with Crippen LogP contribution in [0.5, 0.6) is 0 Å². The van der Waals surface area contributed by atoms with Gasteiger partial charge < -0.3 is 5.32 Å². The molecule has 0 saturated heterocycles. The molecule has 4 aromatic rings. The predicted molar refractivity (Wildman–Crippen MR) is 133 cm³/mol. The van der Waals surface area contributed by atoms with Crippen LogP contribution in [0.25, 0.3) is 16.7 Å². The molecule has 1 N–H and O–H groups in total. The van der Waals surface area contributed by atoms with Gasteiger partial charge in [0.15, 0.2) is 0 Å². The van der Waals surface area contributed by atoms with Crippen LogP contribution in [0.3, 0.4) is 0 Å². The van der Waals surface area contributed by atoms with E-state index in [9.17, 15) is 9.59 Å². The van der Waals surface area contributed by atoms with Gasteiger partial charge in [-0.05, 0) is 62.1 Å². The van der Waals surface area contributed by atoms with Gasteiger partial charge in [-0.1, -0.05) is 43.7 Å². The van der Waals surface area contributed by atoms with Gasteiger partial charge in [0, 0.05) is 30.1 Å². The Labute approximate surface area is 193 Å². The van der Waals surface area contributed by atoms with E-state index in [0.29, 0.717) is 0 Å². The number of hydrogen-bond donors (Lipinski definition) is 1. The van der Waals surface area contributed by atoms with Gasteiger partial charge in [0.2, 0.25) is 5.91 Å². The normalized spacial score (nSPS) is 11.1. The first-order chi connectivity index (χ1) is 16.0. The van der Waals surface area contributed by atoms with Crippen LogP contribution in [0.2, 0.25) is 0 Å². The Balaban J connectivity index is 1.57. The van der Waals surface area contributed by atoms with E-state index in [4.69, 9.17) is 5.10 Å². The zero-order valence-corrected chi connectivity index (χ0v) is 19.5. The van der Waals surface area contributed by atoms with Crippen molar-refractivity contribution in [3.05, 3.63) is 87.8 Å². The second-order valence-electron chi connectivity index (χ2n) is 8.45. The number of pyridine rings is 1. The van der Waals surface area contributed by atoms with Gasteiger partial charge >= 0.3 is 0 Å². The van der Waals surface area contributed by atoms with E-state index < -0.39 is 0 Å². The number of rotatable bonds is 8. The first-order valence-corrected chi connectivity index (χ1v) is 11.5. The third-order valence-electron chi connectivity index (χ3n) is 5.91. The van der Waals surface area contributed by atoms with Crippen molar-refractivity contribution in [1.29, 1.82) is 0 Å². The number of benzene rings is 2. The van der Waals surface area contributed by atoms with Crippen LogP contribution in [0.15, 0.2) is 65.5 Å². The molecule has 2 aromatic heterocycles. The molecule has 0 aliphatic heterocycles. The van der Waals surface area contributed by atoms with Gasteiger partial charge in [0.05, 0.1) is 11.4 Å². The summed E-state index contributed by atoms with van der Waals surface area (Å²) >= 11 is 0. The van der Waals surface area contributed by atoms with Gasteiger partial charge in [0.1, 0.15) is 5.65 Å². The molecule has 0 spiro atoms. The van der Waals surface area contributed by atoms with E-state index in [1.807, 2.05) is 56.3 Å². The van der Waals surface area contributed by atoms with Crippen LogP contribution in [0.1, 0.15) is 43.0 Å². The van der Waals surface area contributed by atoms with Crippen molar-refractivity contribution in [2.24, 2.45) is 0 Å².